The van der Waals surface area contributed by atoms with E-state index in [4.69, 9.17) is 4.74 Å². The molecule has 8 heteroatoms. The summed E-state index contributed by atoms with van der Waals surface area (Å²) in [6.45, 7) is 7.75. The molecule has 0 saturated carbocycles. The number of nitrogens with zero attached hydrogens (tertiary/aromatic N) is 3. The molecule has 7 nitrogen and oxygen atoms in total. The van der Waals surface area contributed by atoms with Crippen molar-refractivity contribution in [2.45, 2.75) is 45.7 Å². The SMILES string of the molecule is CCOC(=O)c1cnc2c(sc3ccccc32)c1Nc1cc(CN2CCCC2)c(O)c(CN2CCCC2)c1. The van der Waals surface area contributed by atoms with Crippen molar-refractivity contribution in [2.75, 3.05) is 38.1 Å². The van der Waals surface area contributed by atoms with E-state index < -0.39 is 5.97 Å². The zero-order chi connectivity index (χ0) is 26.1. The number of carbonyl (C=O) groups excluding carboxylic acids is 1. The van der Waals surface area contributed by atoms with Gasteiger partial charge in [-0.2, -0.15) is 0 Å². The van der Waals surface area contributed by atoms with Gasteiger partial charge < -0.3 is 15.2 Å². The van der Waals surface area contributed by atoms with Gasteiger partial charge in [-0.15, -0.1) is 11.3 Å². The third-order valence-corrected chi connectivity index (χ3v) is 8.78. The number of nitrogens with one attached hydrogen (secondary N) is 1. The fraction of sp³-hybridized carbons (Fsp3) is 0.400. The summed E-state index contributed by atoms with van der Waals surface area (Å²) < 4.78 is 7.45. The summed E-state index contributed by atoms with van der Waals surface area (Å²) in [5.74, 6) is -0.00285. The Hall–Kier alpha value is -3.20. The van der Waals surface area contributed by atoms with E-state index in [2.05, 4.69) is 32.2 Å². The molecule has 0 amide bonds. The average Bonchev–Trinajstić information content (AvgIpc) is 3.69. The Bertz CT molecular complexity index is 1430. The molecule has 2 saturated heterocycles. The van der Waals surface area contributed by atoms with Gasteiger partial charge in [0.1, 0.15) is 11.3 Å². The van der Waals surface area contributed by atoms with Crippen LogP contribution in [0.3, 0.4) is 0 Å². The molecule has 0 unspecified atom stereocenters. The van der Waals surface area contributed by atoms with E-state index in [0.717, 1.165) is 63.3 Å². The van der Waals surface area contributed by atoms with Crippen molar-refractivity contribution < 1.29 is 14.6 Å². The van der Waals surface area contributed by atoms with Crippen LogP contribution in [0.2, 0.25) is 0 Å². The normalized spacial score (nSPS) is 16.6. The number of phenols is 1. The van der Waals surface area contributed by atoms with Crippen LogP contribution in [0.4, 0.5) is 11.4 Å². The number of pyridine rings is 1. The van der Waals surface area contributed by atoms with Crippen molar-refractivity contribution >= 4 is 49.0 Å². The Kier molecular flexibility index (Phi) is 7.19. The third-order valence-electron chi connectivity index (χ3n) is 7.61. The molecule has 6 rings (SSSR count). The van der Waals surface area contributed by atoms with E-state index in [1.165, 1.54) is 25.7 Å². The molecule has 0 atom stereocenters. The Morgan fingerprint density at radius 3 is 2.29 bits per heavy atom. The number of esters is 1. The molecule has 2 aromatic heterocycles. The van der Waals surface area contributed by atoms with Crippen LogP contribution in [-0.4, -0.2) is 58.6 Å². The summed E-state index contributed by atoms with van der Waals surface area (Å²) in [5, 5.41) is 16.0. The van der Waals surface area contributed by atoms with Gasteiger partial charge in [0.05, 0.1) is 22.5 Å². The molecule has 0 radical (unpaired) electrons. The van der Waals surface area contributed by atoms with Crippen molar-refractivity contribution in [2.24, 2.45) is 0 Å². The lowest BCUT2D eigenvalue weighted by molar-refractivity contribution is 0.0527. The van der Waals surface area contributed by atoms with E-state index in [0.29, 0.717) is 36.7 Å². The van der Waals surface area contributed by atoms with E-state index >= 15 is 0 Å². The second kappa shape index (κ2) is 10.9. The molecule has 198 valence electrons. The topological polar surface area (TPSA) is 77.9 Å². The van der Waals surface area contributed by atoms with Crippen LogP contribution in [0.25, 0.3) is 20.3 Å². The quantitative estimate of drug-likeness (QED) is 0.205. The molecule has 2 aliphatic heterocycles. The van der Waals surface area contributed by atoms with Crippen molar-refractivity contribution in [3.05, 3.63) is 59.3 Å². The van der Waals surface area contributed by atoms with E-state index in [-0.39, 0.29) is 0 Å². The number of likely N-dealkylation sites (tertiary alicyclic amines) is 2. The van der Waals surface area contributed by atoms with Crippen LogP contribution in [0.15, 0.2) is 42.6 Å². The maximum atomic E-state index is 13.0. The highest BCUT2D eigenvalue weighted by molar-refractivity contribution is 7.26. The largest absolute Gasteiger partial charge is 0.507 e. The first-order valence-electron chi connectivity index (χ1n) is 13.6. The number of rotatable bonds is 8. The summed E-state index contributed by atoms with van der Waals surface area (Å²) in [6.07, 6.45) is 6.41. The van der Waals surface area contributed by atoms with Gasteiger partial charge >= 0.3 is 5.97 Å². The van der Waals surface area contributed by atoms with Gasteiger partial charge in [0.15, 0.2) is 0 Å². The van der Waals surface area contributed by atoms with E-state index in [9.17, 15) is 9.90 Å². The fourth-order valence-electron chi connectivity index (χ4n) is 5.71. The van der Waals surface area contributed by atoms with Gasteiger partial charge in [-0.05, 0) is 77.0 Å². The lowest BCUT2D eigenvalue weighted by Gasteiger charge is -2.22. The number of carbonyl (C=O) groups is 1. The molecule has 2 fully saturated rings. The number of thiophene rings is 1. The van der Waals surface area contributed by atoms with Crippen molar-refractivity contribution in [3.63, 3.8) is 0 Å². The van der Waals surface area contributed by atoms with Gasteiger partial charge in [-0.1, -0.05) is 18.2 Å². The van der Waals surface area contributed by atoms with E-state index in [1.54, 1.807) is 17.5 Å². The predicted octanol–water partition coefficient (Wildman–Crippen LogP) is 6.27. The lowest BCUT2D eigenvalue weighted by Crippen LogP contribution is -2.21. The summed E-state index contributed by atoms with van der Waals surface area (Å²) in [5.41, 5.74) is 4.70. The molecular formula is C30H34N4O3S. The summed E-state index contributed by atoms with van der Waals surface area (Å²) in [6, 6.07) is 12.3. The minimum absolute atomic E-state index is 0.294. The van der Waals surface area contributed by atoms with Gasteiger partial charge in [0.2, 0.25) is 0 Å². The number of anilines is 2. The van der Waals surface area contributed by atoms with Crippen molar-refractivity contribution in [3.8, 4) is 5.75 Å². The number of fused-ring (bicyclic) bond motifs is 3. The molecule has 2 N–H and O–H groups in total. The number of phenolic OH excluding ortho intramolecular Hbond substituents is 1. The highest BCUT2D eigenvalue weighted by Crippen LogP contribution is 2.41. The van der Waals surface area contributed by atoms with Crippen LogP contribution < -0.4 is 5.32 Å². The standard InChI is InChI=1S/C30H34N4O3S/c1-2-37-30(36)24-17-31-26-23-9-3-4-10-25(23)38-29(26)27(24)32-22-15-20(18-33-11-5-6-12-33)28(35)21(16-22)19-34-13-7-8-14-34/h3-4,9-10,15-17,35H,2,5-8,11-14,18-19H2,1H3,(H,31,32). The number of hydrogen-bond donors (Lipinski definition) is 2. The van der Waals surface area contributed by atoms with Crippen LogP contribution >= 0.6 is 11.3 Å². The molecule has 4 aromatic rings. The molecule has 2 aromatic carbocycles. The number of benzene rings is 2. The average molecular weight is 531 g/mol. The van der Waals surface area contributed by atoms with Gasteiger partial charge in [0.25, 0.3) is 0 Å². The second-order valence-electron chi connectivity index (χ2n) is 10.3. The van der Waals surface area contributed by atoms with Gasteiger partial charge in [0, 0.05) is 46.2 Å². The molecule has 2 aliphatic rings. The first-order chi connectivity index (χ1) is 18.6. The van der Waals surface area contributed by atoms with Crippen molar-refractivity contribution in [1.29, 1.82) is 0 Å². The van der Waals surface area contributed by atoms with Gasteiger partial charge in [-0.3, -0.25) is 14.8 Å². The zero-order valence-corrected chi connectivity index (χ0v) is 22.6. The van der Waals surface area contributed by atoms with Crippen LogP contribution in [0.1, 0.15) is 54.1 Å². The minimum Gasteiger partial charge on any atom is -0.507 e. The summed E-state index contributed by atoms with van der Waals surface area (Å²) >= 11 is 1.62. The fourth-order valence-corrected chi connectivity index (χ4v) is 6.88. The highest BCUT2D eigenvalue weighted by Gasteiger charge is 2.23. The Morgan fingerprint density at radius 2 is 1.66 bits per heavy atom. The number of ether oxygens (including phenoxy) is 1. The summed E-state index contributed by atoms with van der Waals surface area (Å²) in [7, 11) is 0. The maximum Gasteiger partial charge on any atom is 0.341 e. The molecule has 38 heavy (non-hydrogen) atoms. The number of hydrogen-bond acceptors (Lipinski definition) is 8. The Labute approximate surface area is 227 Å². The molecular weight excluding hydrogens is 496 g/mol. The summed E-state index contributed by atoms with van der Waals surface area (Å²) in [4.78, 5) is 22.5. The van der Waals surface area contributed by atoms with Crippen LogP contribution in [-0.2, 0) is 17.8 Å². The third kappa shape index (κ3) is 4.96. The highest BCUT2D eigenvalue weighted by atomic mass is 32.1. The van der Waals surface area contributed by atoms with Gasteiger partial charge in [-0.25, -0.2) is 4.79 Å². The first kappa shape index (κ1) is 25.1. The maximum absolute atomic E-state index is 13.0. The van der Waals surface area contributed by atoms with E-state index in [1.807, 2.05) is 31.2 Å². The zero-order valence-electron chi connectivity index (χ0n) is 21.8. The lowest BCUT2D eigenvalue weighted by atomic mass is 10.0. The van der Waals surface area contributed by atoms with Crippen LogP contribution in [0.5, 0.6) is 5.75 Å². The Balaban J connectivity index is 1.45. The predicted molar refractivity (Wildman–Crippen MR) is 153 cm³/mol. The molecule has 0 aliphatic carbocycles. The Morgan fingerprint density at radius 1 is 1.03 bits per heavy atom. The number of aromatic nitrogens is 1. The molecule has 0 bridgehead atoms. The first-order valence-corrected chi connectivity index (χ1v) is 14.5. The van der Waals surface area contributed by atoms with Crippen LogP contribution in [0, 0.1) is 0 Å². The van der Waals surface area contributed by atoms with Crippen molar-refractivity contribution in [1.82, 2.24) is 14.8 Å². The smallest absolute Gasteiger partial charge is 0.341 e. The minimum atomic E-state index is -0.393. The second-order valence-corrected chi connectivity index (χ2v) is 11.3. The molecule has 0 spiro atoms. The molecule has 4 heterocycles. The monoisotopic (exact) mass is 530 g/mol. The number of aromatic hydroxyl groups is 1.